The number of aliphatic imine (C=N–C) groups is 1. The molecule has 0 bridgehead atoms. The maximum atomic E-state index is 10.3. The number of hydrogen-bond donors (Lipinski definition) is 0. The van der Waals surface area contributed by atoms with E-state index in [0.29, 0.717) is 0 Å². The third-order valence-electron chi connectivity index (χ3n) is 0.616. The van der Waals surface area contributed by atoms with E-state index in [1.807, 2.05) is 0 Å². The summed E-state index contributed by atoms with van der Waals surface area (Å²) >= 11 is 0. The summed E-state index contributed by atoms with van der Waals surface area (Å²) in [6.07, 6.45) is 1.13. The van der Waals surface area contributed by atoms with Crippen LogP contribution in [-0.2, 0) is 14.3 Å². The molecule has 4 nitrogen and oxygen atoms in total. The molecule has 10 heavy (non-hydrogen) atoms. The summed E-state index contributed by atoms with van der Waals surface area (Å²) in [5, 5.41) is 0. The molecular formula is C6H6NO3. The Balaban J connectivity index is 3.78. The Morgan fingerprint density at radius 3 is 2.80 bits per heavy atom. The molecule has 0 aromatic heterocycles. The highest BCUT2D eigenvalue weighted by molar-refractivity contribution is 5.81. The summed E-state index contributed by atoms with van der Waals surface area (Å²) in [5.74, 6) is -0.668. The van der Waals surface area contributed by atoms with Gasteiger partial charge in [-0.25, -0.2) is 9.59 Å². The van der Waals surface area contributed by atoms with Gasteiger partial charge < -0.3 is 4.74 Å². The predicted molar refractivity (Wildman–Crippen MR) is 33.6 cm³/mol. The van der Waals surface area contributed by atoms with Crippen molar-refractivity contribution in [3.8, 4) is 0 Å². The van der Waals surface area contributed by atoms with Crippen molar-refractivity contribution in [2.45, 2.75) is 6.23 Å². The molecule has 0 rings (SSSR count). The van der Waals surface area contributed by atoms with Crippen molar-refractivity contribution in [3.05, 3.63) is 19.6 Å². The second-order valence-electron chi connectivity index (χ2n) is 1.32. The van der Waals surface area contributed by atoms with E-state index in [1.54, 1.807) is 0 Å². The first-order valence-electron chi connectivity index (χ1n) is 2.44. The molecular weight excluding hydrogens is 134 g/mol. The van der Waals surface area contributed by atoms with Gasteiger partial charge in [0.15, 0.2) is 0 Å². The molecule has 0 aromatic carbocycles. The first kappa shape index (κ1) is 8.59. The third-order valence-corrected chi connectivity index (χ3v) is 0.616. The minimum atomic E-state index is -1.03. The molecule has 4 heteroatoms. The van der Waals surface area contributed by atoms with Crippen molar-refractivity contribution in [1.29, 1.82) is 0 Å². The third kappa shape index (κ3) is 3.57. The second kappa shape index (κ2) is 4.47. The second-order valence-corrected chi connectivity index (χ2v) is 1.32. The average Bonchev–Trinajstić information content (AvgIpc) is 1.88. The zero-order valence-electron chi connectivity index (χ0n) is 5.24. The zero-order valence-corrected chi connectivity index (χ0v) is 5.24. The molecule has 0 aromatic rings. The van der Waals surface area contributed by atoms with Crippen LogP contribution in [0, 0.1) is 6.92 Å². The van der Waals surface area contributed by atoms with Gasteiger partial charge in [0.05, 0.1) is 0 Å². The van der Waals surface area contributed by atoms with Gasteiger partial charge in [0.2, 0.25) is 12.3 Å². The highest BCUT2D eigenvalue weighted by atomic mass is 16.6. The monoisotopic (exact) mass is 140 g/mol. The van der Waals surface area contributed by atoms with E-state index in [1.165, 1.54) is 6.08 Å². The van der Waals surface area contributed by atoms with Gasteiger partial charge in [-0.3, -0.25) is 0 Å². The Kier molecular flexibility index (Phi) is 3.84. The quantitative estimate of drug-likeness (QED) is 0.244. The summed E-state index contributed by atoms with van der Waals surface area (Å²) < 4.78 is 4.34. The maximum Gasteiger partial charge on any atom is 0.332 e. The highest BCUT2D eigenvalue weighted by Gasteiger charge is 2.01. The van der Waals surface area contributed by atoms with Gasteiger partial charge in [-0.2, -0.15) is 4.99 Å². The van der Waals surface area contributed by atoms with Crippen LogP contribution in [-0.4, -0.2) is 18.3 Å². The van der Waals surface area contributed by atoms with E-state index in [4.69, 9.17) is 0 Å². The number of hydrogen-bond acceptors (Lipinski definition) is 4. The first-order valence-corrected chi connectivity index (χ1v) is 2.44. The molecule has 53 valence electrons. The van der Waals surface area contributed by atoms with E-state index in [0.717, 1.165) is 6.08 Å². The molecule has 1 unspecified atom stereocenters. The number of ether oxygens (including phenoxy) is 1. The minimum Gasteiger partial charge on any atom is -0.436 e. The largest absolute Gasteiger partial charge is 0.436 e. The predicted octanol–water partition coefficient (Wildman–Crippen LogP) is 0.212. The molecule has 0 fully saturated rings. The van der Waals surface area contributed by atoms with Crippen molar-refractivity contribution in [3.63, 3.8) is 0 Å². The Bertz CT molecular complexity index is 181. The summed E-state index contributed by atoms with van der Waals surface area (Å²) in [6.45, 7) is 6.33. The van der Waals surface area contributed by atoms with Crippen LogP contribution in [0.3, 0.4) is 0 Å². The highest BCUT2D eigenvalue weighted by Crippen LogP contribution is 1.90. The zero-order chi connectivity index (χ0) is 7.98. The molecule has 1 radical (unpaired) electrons. The number of rotatable bonds is 3. The lowest BCUT2D eigenvalue weighted by molar-refractivity contribution is -0.140. The first-order chi connectivity index (χ1) is 4.70. The van der Waals surface area contributed by atoms with Gasteiger partial charge in [0.25, 0.3) is 0 Å². The van der Waals surface area contributed by atoms with Crippen LogP contribution >= 0.6 is 0 Å². The fourth-order valence-electron chi connectivity index (χ4n) is 0.267. The Labute approximate surface area is 58.2 Å². The van der Waals surface area contributed by atoms with E-state index in [-0.39, 0.29) is 0 Å². The van der Waals surface area contributed by atoms with Crippen LogP contribution in [0.25, 0.3) is 0 Å². The van der Waals surface area contributed by atoms with Crippen LogP contribution in [0.2, 0.25) is 0 Å². The van der Waals surface area contributed by atoms with Gasteiger partial charge >= 0.3 is 5.97 Å². The van der Waals surface area contributed by atoms with Crippen LogP contribution < -0.4 is 0 Å². The topological polar surface area (TPSA) is 55.7 Å². The van der Waals surface area contributed by atoms with E-state index >= 15 is 0 Å². The normalized spacial score (nSPS) is 10.9. The van der Waals surface area contributed by atoms with Crippen molar-refractivity contribution >= 4 is 12.0 Å². The molecule has 0 aliphatic carbocycles. The lowest BCUT2D eigenvalue weighted by atomic mass is 10.6. The number of nitrogens with zero attached hydrogens (tertiary/aromatic N) is 1. The molecule has 0 amide bonds. The molecule has 0 saturated carbocycles. The summed E-state index contributed by atoms with van der Waals surface area (Å²) in [4.78, 5) is 22.9. The SMILES string of the molecule is [CH2]C(N=C=O)OC(=O)C=C. The Hall–Kier alpha value is -1.41. The van der Waals surface area contributed by atoms with E-state index in [9.17, 15) is 9.59 Å². The summed E-state index contributed by atoms with van der Waals surface area (Å²) in [6, 6.07) is 0. The van der Waals surface area contributed by atoms with E-state index < -0.39 is 12.2 Å². The fraction of sp³-hybridized carbons (Fsp3) is 0.167. The number of carbonyl (C=O) groups is 1. The number of isocyanates is 1. The molecule has 0 saturated heterocycles. The summed E-state index contributed by atoms with van der Waals surface area (Å²) in [5.41, 5.74) is 0. The smallest absolute Gasteiger partial charge is 0.332 e. The van der Waals surface area contributed by atoms with E-state index in [2.05, 4.69) is 23.2 Å². The molecule has 0 N–H and O–H groups in total. The molecule has 0 heterocycles. The number of esters is 1. The van der Waals surface area contributed by atoms with Crippen LogP contribution in [0.5, 0.6) is 0 Å². The van der Waals surface area contributed by atoms with Crippen molar-refractivity contribution in [1.82, 2.24) is 0 Å². The van der Waals surface area contributed by atoms with Gasteiger partial charge in [-0.1, -0.05) is 6.58 Å². The lowest BCUT2D eigenvalue weighted by Crippen LogP contribution is -2.09. The Morgan fingerprint density at radius 1 is 1.80 bits per heavy atom. The van der Waals surface area contributed by atoms with Crippen LogP contribution in [0.4, 0.5) is 0 Å². The van der Waals surface area contributed by atoms with Crippen molar-refractivity contribution in [2.24, 2.45) is 4.99 Å². The lowest BCUT2D eigenvalue weighted by Gasteiger charge is -2.01. The molecule has 0 aliphatic rings. The number of carbonyl (C=O) groups excluding carboxylic acids is 2. The average molecular weight is 140 g/mol. The minimum absolute atomic E-state index is 0.668. The maximum absolute atomic E-state index is 10.3. The van der Waals surface area contributed by atoms with Gasteiger partial charge in [0.1, 0.15) is 0 Å². The molecule has 0 spiro atoms. The van der Waals surface area contributed by atoms with Gasteiger partial charge in [-0.05, 0) is 0 Å². The molecule has 0 aliphatic heterocycles. The Morgan fingerprint density at radius 2 is 2.40 bits per heavy atom. The van der Waals surface area contributed by atoms with Gasteiger partial charge in [0, 0.05) is 13.0 Å². The standard InChI is InChI=1S/C6H6NO3/c1-3-6(9)10-5(2)7-4-8/h3,5H,1-2H2. The van der Waals surface area contributed by atoms with Crippen molar-refractivity contribution < 1.29 is 14.3 Å². The van der Waals surface area contributed by atoms with Crippen LogP contribution in [0.1, 0.15) is 0 Å². The van der Waals surface area contributed by atoms with Crippen molar-refractivity contribution in [2.75, 3.05) is 0 Å². The summed E-state index contributed by atoms with van der Waals surface area (Å²) in [7, 11) is 0. The molecule has 1 atom stereocenters. The fourth-order valence-corrected chi connectivity index (χ4v) is 0.267. The van der Waals surface area contributed by atoms with Crippen LogP contribution in [0.15, 0.2) is 17.6 Å². The van der Waals surface area contributed by atoms with Gasteiger partial charge in [-0.15, -0.1) is 0 Å².